The van der Waals surface area contributed by atoms with Crippen LogP contribution in [0.1, 0.15) is 12.0 Å². The van der Waals surface area contributed by atoms with E-state index < -0.39 is 39.0 Å². The molecule has 1 N–H and O–H groups in total. The Bertz CT molecular complexity index is 663. The fraction of sp³-hybridized carbons (Fsp3) is 0.333. The van der Waals surface area contributed by atoms with Gasteiger partial charge in [-0.2, -0.15) is 18.4 Å². The molecule has 0 aliphatic carbocycles. The fourth-order valence-electron chi connectivity index (χ4n) is 1.44. The molecule has 1 amide bonds. The van der Waals surface area contributed by atoms with E-state index in [2.05, 4.69) is 5.32 Å². The first-order chi connectivity index (χ1) is 9.64. The van der Waals surface area contributed by atoms with Crippen molar-refractivity contribution in [2.24, 2.45) is 0 Å². The van der Waals surface area contributed by atoms with Crippen LogP contribution in [0.5, 0.6) is 0 Å². The largest absolute Gasteiger partial charge is 0.416 e. The normalized spacial score (nSPS) is 11.7. The lowest BCUT2D eigenvalue weighted by atomic mass is 10.2. The highest BCUT2D eigenvalue weighted by Gasteiger charge is 2.30. The van der Waals surface area contributed by atoms with Gasteiger partial charge in [0.15, 0.2) is 9.84 Å². The van der Waals surface area contributed by atoms with Gasteiger partial charge in [0.05, 0.1) is 17.4 Å². The number of alkyl halides is 3. The predicted octanol–water partition coefficient (Wildman–Crippen LogP) is 1.97. The first-order valence-corrected chi connectivity index (χ1v) is 7.51. The van der Waals surface area contributed by atoms with Crippen LogP contribution in [0.15, 0.2) is 24.3 Å². The summed E-state index contributed by atoms with van der Waals surface area (Å²) in [4.78, 5) is 11.5. The first-order valence-electron chi connectivity index (χ1n) is 5.68. The van der Waals surface area contributed by atoms with E-state index in [0.29, 0.717) is 6.07 Å². The zero-order valence-corrected chi connectivity index (χ0v) is 11.5. The number of hydrogen-bond donors (Lipinski definition) is 1. The van der Waals surface area contributed by atoms with Crippen LogP contribution in [0.25, 0.3) is 0 Å². The lowest BCUT2D eigenvalue weighted by molar-refractivity contribution is -0.137. The number of sulfone groups is 1. The second kappa shape index (κ2) is 6.58. The number of carbonyl (C=O) groups excluding carboxylic acids is 1. The number of nitrogens with zero attached hydrogens (tertiary/aromatic N) is 1. The molecule has 0 unspecified atom stereocenters. The quantitative estimate of drug-likeness (QED) is 0.898. The number of anilines is 1. The Morgan fingerprint density at radius 1 is 1.33 bits per heavy atom. The van der Waals surface area contributed by atoms with Crippen molar-refractivity contribution in [3.63, 3.8) is 0 Å². The molecule has 114 valence electrons. The van der Waals surface area contributed by atoms with Crippen molar-refractivity contribution in [3.05, 3.63) is 29.8 Å². The average molecular weight is 320 g/mol. The molecule has 0 bridgehead atoms. The van der Waals surface area contributed by atoms with Gasteiger partial charge in [-0.05, 0) is 18.2 Å². The van der Waals surface area contributed by atoms with E-state index in [1.807, 2.05) is 0 Å². The number of nitriles is 1. The number of nitrogens with one attached hydrogen (secondary N) is 1. The number of hydrogen-bond acceptors (Lipinski definition) is 4. The molecule has 0 aliphatic heterocycles. The van der Waals surface area contributed by atoms with Crippen LogP contribution >= 0.6 is 0 Å². The van der Waals surface area contributed by atoms with Crippen LogP contribution in [0.4, 0.5) is 18.9 Å². The number of amides is 1. The molecule has 21 heavy (non-hydrogen) atoms. The summed E-state index contributed by atoms with van der Waals surface area (Å²) in [5.41, 5.74) is -1.10. The summed E-state index contributed by atoms with van der Waals surface area (Å²) in [5, 5.41) is 10.4. The van der Waals surface area contributed by atoms with E-state index in [1.54, 1.807) is 6.07 Å². The third-order valence-electron chi connectivity index (χ3n) is 2.35. The van der Waals surface area contributed by atoms with E-state index in [1.165, 1.54) is 6.07 Å². The molecule has 0 aromatic heterocycles. The van der Waals surface area contributed by atoms with Crippen molar-refractivity contribution in [2.45, 2.75) is 12.6 Å². The third kappa shape index (κ3) is 5.83. The summed E-state index contributed by atoms with van der Waals surface area (Å²) in [6.45, 7) is 0. The average Bonchev–Trinajstić information content (AvgIpc) is 2.35. The van der Waals surface area contributed by atoms with Crippen LogP contribution in [0, 0.1) is 11.3 Å². The Kier molecular flexibility index (Phi) is 5.32. The number of halogens is 3. The highest BCUT2D eigenvalue weighted by atomic mass is 32.2. The van der Waals surface area contributed by atoms with Gasteiger partial charge in [-0.15, -0.1) is 0 Å². The van der Waals surface area contributed by atoms with Gasteiger partial charge in [-0.3, -0.25) is 4.79 Å². The standard InChI is InChI=1S/C12H11F3N2O3S/c13-12(14,15)9-3-1-4-10(7-9)17-11(18)8-21(19,20)6-2-5-16/h1,3-4,7H,2,6,8H2,(H,17,18). The van der Waals surface area contributed by atoms with Crippen LogP contribution in [0.3, 0.4) is 0 Å². The molecule has 0 heterocycles. The molecule has 0 fully saturated rings. The summed E-state index contributed by atoms with van der Waals surface area (Å²) in [6, 6.07) is 5.49. The molecule has 0 atom stereocenters. The Balaban J connectivity index is 2.74. The van der Waals surface area contributed by atoms with Gasteiger partial charge in [-0.1, -0.05) is 6.07 Å². The molecule has 0 saturated carbocycles. The number of benzene rings is 1. The minimum atomic E-state index is -4.56. The molecule has 5 nitrogen and oxygen atoms in total. The van der Waals surface area contributed by atoms with Crippen molar-refractivity contribution in [2.75, 3.05) is 16.8 Å². The topological polar surface area (TPSA) is 87.0 Å². The summed E-state index contributed by atoms with van der Waals surface area (Å²) in [6.07, 6.45) is -4.81. The van der Waals surface area contributed by atoms with Gasteiger partial charge in [0.2, 0.25) is 5.91 Å². The molecule has 0 saturated heterocycles. The second-order valence-corrected chi connectivity index (χ2v) is 6.31. The molecule has 0 spiro atoms. The van der Waals surface area contributed by atoms with Crippen LogP contribution in [-0.2, 0) is 20.8 Å². The molecule has 1 aromatic rings. The SMILES string of the molecule is N#CCCS(=O)(=O)CC(=O)Nc1cccc(C(F)(F)F)c1. The third-order valence-corrected chi connectivity index (χ3v) is 3.88. The molecule has 1 aromatic carbocycles. The predicted molar refractivity (Wildman–Crippen MR) is 69.0 cm³/mol. The van der Waals surface area contributed by atoms with Crippen molar-refractivity contribution in [1.29, 1.82) is 5.26 Å². The zero-order chi connectivity index (χ0) is 16.1. The highest BCUT2D eigenvalue weighted by molar-refractivity contribution is 7.92. The number of rotatable bonds is 5. The lowest BCUT2D eigenvalue weighted by Crippen LogP contribution is -2.24. The smallest absolute Gasteiger partial charge is 0.325 e. The Morgan fingerprint density at radius 3 is 2.57 bits per heavy atom. The molecular formula is C12H11F3N2O3S. The monoisotopic (exact) mass is 320 g/mol. The minimum absolute atomic E-state index is 0.148. The van der Waals surface area contributed by atoms with Crippen molar-refractivity contribution in [3.8, 4) is 6.07 Å². The van der Waals surface area contributed by atoms with Gasteiger partial charge in [0.25, 0.3) is 0 Å². The highest BCUT2D eigenvalue weighted by Crippen LogP contribution is 2.30. The maximum absolute atomic E-state index is 12.5. The van der Waals surface area contributed by atoms with E-state index in [9.17, 15) is 26.4 Å². The molecule has 0 aliphatic rings. The lowest BCUT2D eigenvalue weighted by Gasteiger charge is -2.09. The summed E-state index contributed by atoms with van der Waals surface area (Å²) in [5.74, 6) is -2.31. The van der Waals surface area contributed by atoms with Gasteiger partial charge in [-0.25, -0.2) is 8.42 Å². The van der Waals surface area contributed by atoms with Gasteiger partial charge in [0, 0.05) is 12.1 Å². The van der Waals surface area contributed by atoms with Crippen LogP contribution < -0.4 is 5.32 Å². The molecule has 1 rings (SSSR count). The Morgan fingerprint density at radius 2 is 2.00 bits per heavy atom. The van der Waals surface area contributed by atoms with E-state index >= 15 is 0 Å². The summed E-state index contributed by atoms with van der Waals surface area (Å²) in [7, 11) is -3.76. The van der Waals surface area contributed by atoms with Gasteiger partial charge in [0.1, 0.15) is 5.75 Å². The van der Waals surface area contributed by atoms with E-state index in [0.717, 1.165) is 12.1 Å². The summed E-state index contributed by atoms with van der Waals surface area (Å²) < 4.78 is 60.3. The maximum atomic E-state index is 12.5. The number of carbonyl (C=O) groups is 1. The maximum Gasteiger partial charge on any atom is 0.416 e. The zero-order valence-electron chi connectivity index (χ0n) is 10.6. The second-order valence-electron chi connectivity index (χ2n) is 4.13. The molecular weight excluding hydrogens is 309 g/mol. The van der Waals surface area contributed by atoms with Gasteiger partial charge < -0.3 is 5.32 Å². The van der Waals surface area contributed by atoms with Crippen molar-refractivity contribution in [1.82, 2.24) is 0 Å². The van der Waals surface area contributed by atoms with Gasteiger partial charge >= 0.3 is 6.18 Å². The Labute approximate surface area is 119 Å². The Hall–Kier alpha value is -2.08. The van der Waals surface area contributed by atoms with E-state index in [4.69, 9.17) is 5.26 Å². The van der Waals surface area contributed by atoms with Crippen LogP contribution in [0.2, 0.25) is 0 Å². The van der Waals surface area contributed by atoms with E-state index in [-0.39, 0.29) is 12.1 Å². The summed E-state index contributed by atoms with van der Waals surface area (Å²) >= 11 is 0. The van der Waals surface area contributed by atoms with Crippen LogP contribution in [-0.4, -0.2) is 25.8 Å². The molecule has 0 radical (unpaired) electrons. The van der Waals surface area contributed by atoms with Crippen molar-refractivity contribution >= 4 is 21.4 Å². The first kappa shape index (κ1) is 17.0. The molecule has 9 heteroatoms. The minimum Gasteiger partial charge on any atom is -0.325 e. The fourth-order valence-corrected chi connectivity index (χ4v) is 2.46. The van der Waals surface area contributed by atoms with Crippen molar-refractivity contribution < 1.29 is 26.4 Å².